The molecule has 0 aromatic heterocycles. The molecule has 0 aliphatic heterocycles. The van der Waals surface area contributed by atoms with E-state index in [1.807, 2.05) is 6.07 Å². The number of nitrogens with zero attached hydrogens (tertiary/aromatic N) is 1. The van der Waals surface area contributed by atoms with Crippen LogP contribution in [0.15, 0.2) is 18.2 Å². The lowest BCUT2D eigenvalue weighted by molar-refractivity contribution is 0.598. The van der Waals surface area contributed by atoms with Crippen molar-refractivity contribution in [3.8, 4) is 6.07 Å². The van der Waals surface area contributed by atoms with E-state index in [-0.39, 0.29) is 11.3 Å². The molecular weight excluding hydrogens is 295 g/mol. The van der Waals surface area contributed by atoms with E-state index >= 15 is 0 Å². The van der Waals surface area contributed by atoms with E-state index in [1.165, 1.54) is 18.2 Å². The first-order chi connectivity index (χ1) is 8.48. The smallest absolute Gasteiger partial charge is 0.232 e. The summed E-state index contributed by atoms with van der Waals surface area (Å²) < 4.78 is 25.8. The molecule has 0 saturated heterocycles. The molecule has 0 fully saturated rings. The highest BCUT2D eigenvalue weighted by Gasteiger charge is 2.11. The molecular formula is C11H12Cl2N2O2S. The summed E-state index contributed by atoms with van der Waals surface area (Å²) in [5.41, 5.74) is 0.569. The van der Waals surface area contributed by atoms with Crippen LogP contribution in [-0.2, 0) is 10.0 Å². The van der Waals surface area contributed by atoms with Crippen LogP contribution in [0.2, 0.25) is 5.02 Å². The predicted octanol–water partition coefficient (Wildman–Crippen LogP) is 2.97. The largest absolute Gasteiger partial charge is 0.284 e. The molecule has 1 aromatic rings. The van der Waals surface area contributed by atoms with Gasteiger partial charge in [-0.25, -0.2) is 8.42 Å². The summed E-state index contributed by atoms with van der Waals surface area (Å²) in [6.07, 6.45) is 1.14. The molecule has 1 aromatic carbocycles. The minimum atomic E-state index is -3.41. The van der Waals surface area contributed by atoms with Crippen LogP contribution in [-0.4, -0.2) is 20.1 Å². The van der Waals surface area contributed by atoms with E-state index in [0.29, 0.717) is 29.4 Å². The van der Waals surface area contributed by atoms with Crippen molar-refractivity contribution in [2.75, 3.05) is 16.4 Å². The zero-order valence-corrected chi connectivity index (χ0v) is 11.8. The van der Waals surface area contributed by atoms with E-state index in [4.69, 9.17) is 28.5 Å². The van der Waals surface area contributed by atoms with E-state index < -0.39 is 10.0 Å². The minimum Gasteiger partial charge on any atom is -0.284 e. The van der Waals surface area contributed by atoms with Gasteiger partial charge in [-0.2, -0.15) is 5.26 Å². The van der Waals surface area contributed by atoms with Crippen LogP contribution in [0.3, 0.4) is 0 Å². The van der Waals surface area contributed by atoms with Crippen LogP contribution >= 0.6 is 23.2 Å². The molecule has 1 rings (SSSR count). The summed E-state index contributed by atoms with van der Waals surface area (Å²) >= 11 is 11.2. The van der Waals surface area contributed by atoms with Crippen LogP contribution in [0.25, 0.3) is 0 Å². The molecule has 0 bridgehead atoms. The van der Waals surface area contributed by atoms with Crippen LogP contribution < -0.4 is 4.72 Å². The van der Waals surface area contributed by atoms with Gasteiger partial charge in [-0.1, -0.05) is 11.6 Å². The second kappa shape index (κ2) is 6.83. The maximum absolute atomic E-state index is 11.7. The third-order valence-corrected chi connectivity index (χ3v) is 4.13. The van der Waals surface area contributed by atoms with Crippen molar-refractivity contribution >= 4 is 38.9 Å². The summed E-state index contributed by atoms with van der Waals surface area (Å²) in [4.78, 5) is 0. The Labute approximate surface area is 117 Å². The van der Waals surface area contributed by atoms with Gasteiger partial charge in [0.05, 0.1) is 16.3 Å². The van der Waals surface area contributed by atoms with E-state index in [1.54, 1.807) is 0 Å². The fraction of sp³-hybridized carbons (Fsp3) is 0.364. The van der Waals surface area contributed by atoms with Crippen molar-refractivity contribution < 1.29 is 8.42 Å². The number of alkyl halides is 1. The number of nitriles is 1. The van der Waals surface area contributed by atoms with Gasteiger partial charge in [0.25, 0.3) is 0 Å². The molecule has 0 amide bonds. The van der Waals surface area contributed by atoms with Crippen molar-refractivity contribution in [2.45, 2.75) is 12.8 Å². The van der Waals surface area contributed by atoms with Crippen LogP contribution in [0, 0.1) is 11.3 Å². The Morgan fingerprint density at radius 1 is 1.33 bits per heavy atom. The van der Waals surface area contributed by atoms with Crippen LogP contribution in [0.5, 0.6) is 0 Å². The lowest BCUT2D eigenvalue weighted by atomic mass is 10.2. The lowest BCUT2D eigenvalue weighted by Gasteiger charge is -2.08. The number of sulfonamides is 1. The van der Waals surface area contributed by atoms with E-state index in [9.17, 15) is 8.42 Å². The number of nitrogens with one attached hydrogen (secondary N) is 1. The SMILES string of the molecule is N#Cc1cc(NS(=O)(=O)CCCCCl)ccc1Cl. The zero-order valence-electron chi connectivity index (χ0n) is 9.49. The number of hydrogen-bond acceptors (Lipinski definition) is 3. The normalized spacial score (nSPS) is 10.9. The summed E-state index contributed by atoms with van der Waals surface area (Å²) in [6.45, 7) is 0. The first kappa shape index (κ1) is 15.1. The first-order valence-electron chi connectivity index (χ1n) is 5.24. The average Bonchev–Trinajstić information content (AvgIpc) is 2.31. The van der Waals surface area contributed by atoms with Gasteiger partial charge in [0, 0.05) is 11.6 Å². The molecule has 98 valence electrons. The zero-order chi connectivity index (χ0) is 13.6. The Kier molecular flexibility index (Phi) is 5.73. The van der Waals surface area contributed by atoms with E-state index in [0.717, 1.165) is 0 Å². The standard InChI is InChI=1S/C11H12Cl2N2O2S/c12-5-1-2-6-18(16,17)15-10-3-4-11(13)9(7-10)8-14/h3-4,7,15H,1-2,5-6H2. The van der Waals surface area contributed by atoms with E-state index in [2.05, 4.69) is 4.72 Å². The summed E-state index contributed by atoms with van der Waals surface area (Å²) in [6, 6.07) is 6.29. The quantitative estimate of drug-likeness (QED) is 0.649. The van der Waals surface area contributed by atoms with Gasteiger partial charge in [0.15, 0.2) is 0 Å². The lowest BCUT2D eigenvalue weighted by Crippen LogP contribution is -2.16. The second-order valence-corrected chi connectivity index (χ2v) is 6.25. The highest BCUT2D eigenvalue weighted by atomic mass is 35.5. The Morgan fingerprint density at radius 3 is 2.67 bits per heavy atom. The van der Waals surface area contributed by atoms with Crippen molar-refractivity contribution in [2.24, 2.45) is 0 Å². The monoisotopic (exact) mass is 306 g/mol. The Balaban J connectivity index is 2.76. The topological polar surface area (TPSA) is 70.0 Å². The molecule has 4 nitrogen and oxygen atoms in total. The van der Waals surface area contributed by atoms with Gasteiger partial charge in [-0.15, -0.1) is 11.6 Å². The molecule has 0 spiro atoms. The highest BCUT2D eigenvalue weighted by molar-refractivity contribution is 7.92. The number of hydrogen-bond donors (Lipinski definition) is 1. The first-order valence-corrected chi connectivity index (χ1v) is 7.81. The van der Waals surface area contributed by atoms with Gasteiger partial charge >= 0.3 is 0 Å². The highest BCUT2D eigenvalue weighted by Crippen LogP contribution is 2.20. The third-order valence-electron chi connectivity index (χ3n) is 2.16. The Morgan fingerprint density at radius 2 is 2.06 bits per heavy atom. The Hall–Kier alpha value is -0.960. The molecule has 7 heteroatoms. The number of unbranched alkanes of at least 4 members (excludes halogenated alkanes) is 1. The van der Waals surface area contributed by atoms with Crippen LogP contribution in [0.1, 0.15) is 18.4 Å². The average molecular weight is 307 g/mol. The summed E-state index contributed by atoms with van der Waals surface area (Å²) in [7, 11) is -3.41. The second-order valence-electron chi connectivity index (χ2n) is 3.62. The molecule has 0 radical (unpaired) electrons. The van der Waals surface area contributed by atoms with Crippen molar-refractivity contribution in [1.82, 2.24) is 0 Å². The maximum atomic E-state index is 11.7. The molecule has 1 N–H and O–H groups in total. The molecule has 0 unspecified atom stereocenters. The van der Waals surface area contributed by atoms with Gasteiger partial charge in [-0.3, -0.25) is 4.72 Å². The third kappa shape index (κ3) is 4.73. The predicted molar refractivity (Wildman–Crippen MR) is 73.5 cm³/mol. The van der Waals surface area contributed by atoms with Crippen molar-refractivity contribution in [1.29, 1.82) is 5.26 Å². The molecule has 0 atom stereocenters. The summed E-state index contributed by atoms with van der Waals surface area (Å²) in [5, 5.41) is 9.08. The number of benzene rings is 1. The van der Waals surface area contributed by atoms with Crippen molar-refractivity contribution in [3.05, 3.63) is 28.8 Å². The number of anilines is 1. The molecule has 0 saturated carbocycles. The van der Waals surface area contributed by atoms with Gasteiger partial charge in [0.1, 0.15) is 6.07 Å². The fourth-order valence-electron chi connectivity index (χ4n) is 1.29. The van der Waals surface area contributed by atoms with Gasteiger partial charge < -0.3 is 0 Å². The van der Waals surface area contributed by atoms with Crippen LogP contribution in [0.4, 0.5) is 5.69 Å². The summed E-state index contributed by atoms with van der Waals surface area (Å²) in [5.74, 6) is 0.444. The fourth-order valence-corrected chi connectivity index (χ4v) is 2.81. The number of halogens is 2. The maximum Gasteiger partial charge on any atom is 0.232 e. The molecule has 0 heterocycles. The Bertz CT molecular complexity index is 553. The van der Waals surface area contributed by atoms with Gasteiger partial charge in [0.2, 0.25) is 10.0 Å². The molecule has 0 aliphatic carbocycles. The molecule has 18 heavy (non-hydrogen) atoms. The van der Waals surface area contributed by atoms with Gasteiger partial charge in [-0.05, 0) is 31.0 Å². The van der Waals surface area contributed by atoms with Crippen molar-refractivity contribution in [3.63, 3.8) is 0 Å². The minimum absolute atomic E-state index is 0.00420. The molecule has 0 aliphatic rings. The number of rotatable bonds is 6.